The van der Waals surface area contributed by atoms with Gasteiger partial charge in [-0.1, -0.05) is 158 Å². The maximum absolute atomic E-state index is 7.64. The number of anilines is 3. The number of ether oxygens (including phenoxy) is 1. The fourth-order valence-corrected chi connectivity index (χ4v) is 15.6. The quantitative estimate of drug-likeness (QED) is 0.120. The van der Waals surface area contributed by atoms with Gasteiger partial charge < -0.3 is 18.8 Å². The van der Waals surface area contributed by atoms with Crippen molar-refractivity contribution in [3.8, 4) is 22.9 Å². The maximum atomic E-state index is 7.64. The molecular formula is C56H38BN5OSi. The number of aromatic nitrogens is 4. The summed E-state index contributed by atoms with van der Waals surface area (Å²) in [6, 6.07) is 77.3. The topological polar surface area (TPSA) is 48.1 Å². The number of para-hydroxylation sites is 4. The minimum absolute atomic E-state index is 0.264. The van der Waals surface area contributed by atoms with Crippen molar-refractivity contribution in [3.05, 3.63) is 231 Å². The Labute approximate surface area is 372 Å². The Hall–Kier alpha value is -8.20. The molecule has 0 fully saturated rings. The zero-order chi connectivity index (χ0) is 42.2. The number of benzene rings is 8. The number of rotatable bonds is 7. The standard InChI is InChI=1S/C56H38BN5OSi/c1-6-20-39(21-7-1)61-48-32-18-16-30-46(48)53-55(61)57-52-50(60(53)41-36-58-38-59-37-41)34-45(64(42-24-10-3-11-25-42,43-26-12-4-13-27-43)44-28-14-5-15-29-44)35-51(52)63-54-47-31-17-19-33-49(47)62(56(54)57)40-22-8-2-9-23-40/h1-38H. The lowest BCUT2D eigenvalue weighted by Gasteiger charge is -2.41. The van der Waals surface area contributed by atoms with Crippen LogP contribution in [0.25, 0.3) is 33.2 Å². The molecule has 0 unspecified atom stereocenters. The number of fused-ring (bicyclic) bond motifs is 8. The van der Waals surface area contributed by atoms with Crippen molar-refractivity contribution in [2.75, 3.05) is 4.90 Å². The maximum Gasteiger partial charge on any atom is 0.298 e. The van der Waals surface area contributed by atoms with Crippen molar-refractivity contribution >= 4 is 91.1 Å². The summed E-state index contributed by atoms with van der Waals surface area (Å²) in [5.41, 5.74) is 10.7. The van der Waals surface area contributed by atoms with E-state index in [2.05, 4.69) is 236 Å². The molecule has 0 radical (unpaired) electrons. The zero-order valence-corrected chi connectivity index (χ0v) is 35.7. The van der Waals surface area contributed by atoms with Crippen LogP contribution < -0.4 is 47.0 Å². The van der Waals surface area contributed by atoms with Gasteiger partial charge in [-0.2, -0.15) is 0 Å². The van der Waals surface area contributed by atoms with Gasteiger partial charge in [0.15, 0.2) is 8.07 Å². The van der Waals surface area contributed by atoms with Gasteiger partial charge in [0.25, 0.3) is 6.71 Å². The third-order valence-electron chi connectivity index (χ3n) is 13.3. The molecule has 0 amide bonds. The van der Waals surface area contributed by atoms with Gasteiger partial charge in [-0.05, 0) is 75.3 Å². The van der Waals surface area contributed by atoms with E-state index in [1.807, 2.05) is 12.4 Å². The molecule has 64 heavy (non-hydrogen) atoms. The first-order chi connectivity index (χ1) is 31.8. The van der Waals surface area contributed by atoms with Crippen LogP contribution in [0, 0.1) is 0 Å². The van der Waals surface area contributed by atoms with Gasteiger partial charge in [0.2, 0.25) is 0 Å². The molecule has 2 aliphatic heterocycles. The summed E-state index contributed by atoms with van der Waals surface area (Å²) in [5.74, 6) is 1.72. The number of nitrogens with zero attached hydrogens (tertiary/aromatic N) is 5. The summed E-state index contributed by atoms with van der Waals surface area (Å²) in [6.45, 7) is -0.264. The van der Waals surface area contributed by atoms with E-state index < -0.39 is 8.07 Å². The summed E-state index contributed by atoms with van der Waals surface area (Å²) in [4.78, 5) is 11.8. The smallest absolute Gasteiger partial charge is 0.298 e. The fraction of sp³-hybridized carbons (Fsp3) is 0. The van der Waals surface area contributed by atoms with E-state index in [4.69, 9.17) is 4.74 Å². The van der Waals surface area contributed by atoms with Gasteiger partial charge in [-0.3, -0.25) is 0 Å². The van der Waals surface area contributed by atoms with Crippen LogP contribution in [-0.2, 0) is 0 Å². The van der Waals surface area contributed by atoms with Crippen LogP contribution in [0.15, 0.2) is 231 Å². The molecule has 0 aliphatic carbocycles. The SMILES string of the molecule is c1ccc(-n2c3c(c4ccccc42)Oc2cc([Si](c4ccccc4)(c4ccccc4)c4ccccc4)cc4c2B3c2c(c3ccccc3n2-c2ccccc2)N4c2cncnc2)cc1. The largest absolute Gasteiger partial charge is 0.456 e. The van der Waals surface area contributed by atoms with Gasteiger partial charge in [-0.15, -0.1) is 0 Å². The molecule has 8 aromatic carbocycles. The predicted molar refractivity (Wildman–Crippen MR) is 265 cm³/mol. The van der Waals surface area contributed by atoms with Crippen LogP contribution in [0.1, 0.15) is 0 Å². The Morgan fingerprint density at radius 1 is 0.438 bits per heavy atom. The van der Waals surface area contributed by atoms with E-state index in [9.17, 15) is 0 Å². The Morgan fingerprint density at radius 2 is 0.906 bits per heavy atom. The molecule has 0 saturated heterocycles. The van der Waals surface area contributed by atoms with Crippen molar-refractivity contribution in [2.24, 2.45) is 0 Å². The molecule has 5 heterocycles. The van der Waals surface area contributed by atoms with Crippen LogP contribution in [0.2, 0.25) is 0 Å². The molecule has 3 aromatic heterocycles. The summed E-state index contributed by atoms with van der Waals surface area (Å²) in [7, 11) is -3.07. The Bertz CT molecular complexity index is 3430. The second kappa shape index (κ2) is 14.4. The zero-order valence-electron chi connectivity index (χ0n) is 34.7. The molecule has 2 aliphatic rings. The molecule has 0 spiro atoms. The average molecular weight is 836 g/mol. The summed E-state index contributed by atoms with van der Waals surface area (Å²) < 4.78 is 12.5. The van der Waals surface area contributed by atoms with E-state index in [1.54, 1.807) is 6.33 Å². The van der Waals surface area contributed by atoms with E-state index in [1.165, 1.54) is 20.7 Å². The Balaban J connectivity index is 1.24. The van der Waals surface area contributed by atoms with Crippen LogP contribution in [0.4, 0.5) is 17.1 Å². The van der Waals surface area contributed by atoms with E-state index >= 15 is 0 Å². The highest BCUT2D eigenvalue weighted by Crippen LogP contribution is 2.46. The van der Waals surface area contributed by atoms with Gasteiger partial charge in [0.05, 0.1) is 34.8 Å². The molecule has 0 saturated carbocycles. The lowest BCUT2D eigenvalue weighted by Crippen LogP contribution is -2.75. The Morgan fingerprint density at radius 3 is 1.47 bits per heavy atom. The van der Waals surface area contributed by atoms with Crippen molar-refractivity contribution in [2.45, 2.75) is 0 Å². The van der Waals surface area contributed by atoms with Crippen molar-refractivity contribution in [1.29, 1.82) is 0 Å². The van der Waals surface area contributed by atoms with Gasteiger partial charge >= 0.3 is 0 Å². The third-order valence-corrected chi connectivity index (χ3v) is 18.0. The molecule has 11 aromatic rings. The highest BCUT2D eigenvalue weighted by atomic mass is 28.3. The van der Waals surface area contributed by atoms with Crippen molar-refractivity contribution < 1.29 is 4.74 Å². The molecule has 8 heteroatoms. The fourth-order valence-electron chi connectivity index (χ4n) is 10.8. The van der Waals surface area contributed by atoms with Crippen LogP contribution >= 0.6 is 0 Å². The lowest BCUT2D eigenvalue weighted by atomic mass is 9.37. The van der Waals surface area contributed by atoms with Crippen LogP contribution in [-0.4, -0.2) is 33.9 Å². The van der Waals surface area contributed by atoms with Gasteiger partial charge in [-0.25, -0.2) is 9.97 Å². The van der Waals surface area contributed by atoms with E-state index in [0.717, 1.165) is 78.4 Å². The molecule has 0 atom stereocenters. The monoisotopic (exact) mass is 835 g/mol. The van der Waals surface area contributed by atoms with E-state index in [-0.39, 0.29) is 6.71 Å². The minimum Gasteiger partial charge on any atom is -0.456 e. The molecule has 0 bridgehead atoms. The van der Waals surface area contributed by atoms with Crippen molar-refractivity contribution in [1.82, 2.24) is 19.1 Å². The Kier molecular flexibility index (Phi) is 8.23. The molecule has 300 valence electrons. The molecular weight excluding hydrogens is 798 g/mol. The third kappa shape index (κ3) is 5.20. The first-order valence-corrected chi connectivity index (χ1v) is 23.8. The molecule has 0 N–H and O–H groups in total. The summed E-state index contributed by atoms with van der Waals surface area (Å²) in [5, 5.41) is 7.30. The van der Waals surface area contributed by atoms with E-state index in [0.29, 0.717) is 0 Å². The second-order valence-corrected chi connectivity index (χ2v) is 20.4. The van der Waals surface area contributed by atoms with Crippen LogP contribution in [0.5, 0.6) is 11.5 Å². The first-order valence-electron chi connectivity index (χ1n) is 21.8. The normalized spacial score (nSPS) is 12.8. The minimum atomic E-state index is -3.07. The van der Waals surface area contributed by atoms with Gasteiger partial charge in [0, 0.05) is 44.5 Å². The average Bonchev–Trinajstić information content (AvgIpc) is 3.89. The second-order valence-electron chi connectivity index (χ2n) is 16.5. The number of hydrogen-bond acceptors (Lipinski definition) is 4. The van der Waals surface area contributed by atoms with Crippen LogP contribution in [0.3, 0.4) is 0 Å². The van der Waals surface area contributed by atoms with Crippen molar-refractivity contribution in [3.63, 3.8) is 0 Å². The highest BCUT2D eigenvalue weighted by Gasteiger charge is 2.51. The van der Waals surface area contributed by atoms with Gasteiger partial charge in [0.1, 0.15) is 17.8 Å². The number of hydrogen-bond donors (Lipinski definition) is 0. The first kappa shape index (κ1) is 36.5. The highest BCUT2D eigenvalue weighted by molar-refractivity contribution is 7.20. The lowest BCUT2D eigenvalue weighted by molar-refractivity contribution is 0.493. The predicted octanol–water partition coefficient (Wildman–Crippen LogP) is 8.15. The summed E-state index contributed by atoms with van der Waals surface area (Å²) >= 11 is 0. The molecule has 6 nitrogen and oxygen atoms in total. The summed E-state index contributed by atoms with van der Waals surface area (Å²) in [6.07, 6.45) is 5.50. The molecule has 13 rings (SSSR count).